The highest BCUT2D eigenvalue weighted by Crippen LogP contribution is 2.21. The predicted octanol–water partition coefficient (Wildman–Crippen LogP) is 4.42. The van der Waals surface area contributed by atoms with Crippen molar-refractivity contribution in [2.45, 2.75) is 19.3 Å². The van der Waals surface area contributed by atoms with Gasteiger partial charge in [-0.25, -0.2) is 4.68 Å². The largest absolute Gasteiger partial charge is 0.438 e. The molecule has 2 aromatic heterocycles. The summed E-state index contributed by atoms with van der Waals surface area (Å²) < 4.78 is 7.33. The van der Waals surface area contributed by atoms with Gasteiger partial charge < -0.3 is 10.1 Å². The molecule has 0 spiro atoms. The molecule has 0 aliphatic rings. The Bertz CT molecular complexity index is 1060. The number of anilines is 1. The van der Waals surface area contributed by atoms with Crippen LogP contribution in [-0.2, 0) is 11.2 Å². The second-order valence-electron chi connectivity index (χ2n) is 6.69. The average Bonchev–Trinajstić information content (AvgIpc) is 3.31. The van der Waals surface area contributed by atoms with E-state index in [-0.39, 0.29) is 5.91 Å². The SMILES string of the molecule is O=C(CCCc1ccccc1)Nc1ccc(Oc2ccc(-n3cccn3)nn2)cc1. The summed E-state index contributed by atoms with van der Waals surface area (Å²) in [6.07, 6.45) is 5.64. The molecule has 2 aromatic carbocycles. The second kappa shape index (κ2) is 9.47. The molecule has 0 atom stereocenters. The van der Waals surface area contributed by atoms with Crippen LogP contribution in [0.25, 0.3) is 5.82 Å². The first-order valence-corrected chi connectivity index (χ1v) is 9.72. The fourth-order valence-corrected chi connectivity index (χ4v) is 2.94. The van der Waals surface area contributed by atoms with Crippen molar-refractivity contribution in [2.24, 2.45) is 0 Å². The molecule has 0 aliphatic heterocycles. The maximum atomic E-state index is 12.1. The molecule has 0 aliphatic carbocycles. The summed E-state index contributed by atoms with van der Waals surface area (Å²) in [5.41, 5.74) is 1.97. The molecule has 0 bridgehead atoms. The van der Waals surface area contributed by atoms with Crippen LogP contribution in [0.4, 0.5) is 5.69 Å². The summed E-state index contributed by atoms with van der Waals surface area (Å²) in [6.45, 7) is 0. The number of carbonyl (C=O) groups is 1. The van der Waals surface area contributed by atoms with Crippen molar-refractivity contribution < 1.29 is 9.53 Å². The zero-order valence-electron chi connectivity index (χ0n) is 16.3. The minimum atomic E-state index is -0.000300. The maximum absolute atomic E-state index is 12.1. The molecule has 0 fully saturated rings. The number of amides is 1. The topological polar surface area (TPSA) is 81.9 Å². The van der Waals surface area contributed by atoms with Crippen molar-refractivity contribution in [1.29, 1.82) is 0 Å². The highest BCUT2D eigenvalue weighted by molar-refractivity contribution is 5.90. The summed E-state index contributed by atoms with van der Waals surface area (Å²) in [5.74, 6) is 1.60. The number of aromatic nitrogens is 4. The van der Waals surface area contributed by atoms with E-state index in [1.54, 1.807) is 53.5 Å². The van der Waals surface area contributed by atoms with Crippen LogP contribution in [0.2, 0.25) is 0 Å². The first-order chi connectivity index (χ1) is 14.8. The van der Waals surface area contributed by atoms with Crippen LogP contribution in [0.15, 0.2) is 85.2 Å². The predicted molar refractivity (Wildman–Crippen MR) is 114 cm³/mol. The van der Waals surface area contributed by atoms with E-state index in [2.05, 4.69) is 32.7 Å². The van der Waals surface area contributed by atoms with Crippen LogP contribution >= 0.6 is 0 Å². The number of ether oxygens (including phenoxy) is 1. The molecule has 0 saturated carbocycles. The van der Waals surface area contributed by atoms with Gasteiger partial charge in [-0.2, -0.15) is 5.10 Å². The van der Waals surface area contributed by atoms with Crippen LogP contribution in [0, 0.1) is 0 Å². The van der Waals surface area contributed by atoms with Crippen LogP contribution in [-0.4, -0.2) is 25.9 Å². The Balaban J connectivity index is 1.26. The van der Waals surface area contributed by atoms with Gasteiger partial charge in [0, 0.05) is 30.6 Å². The highest BCUT2D eigenvalue weighted by Gasteiger charge is 2.05. The third kappa shape index (κ3) is 5.29. The van der Waals surface area contributed by atoms with Crippen molar-refractivity contribution in [3.05, 3.63) is 90.8 Å². The van der Waals surface area contributed by atoms with Crippen LogP contribution in [0.3, 0.4) is 0 Å². The number of rotatable bonds is 8. The molecule has 1 N–H and O–H groups in total. The Labute approximate surface area is 174 Å². The Hall–Kier alpha value is -4.00. The highest BCUT2D eigenvalue weighted by atomic mass is 16.5. The monoisotopic (exact) mass is 399 g/mol. The minimum absolute atomic E-state index is 0.000300. The quantitative estimate of drug-likeness (QED) is 0.474. The Morgan fingerprint density at radius 1 is 0.933 bits per heavy atom. The zero-order valence-corrected chi connectivity index (χ0v) is 16.3. The Morgan fingerprint density at radius 3 is 2.47 bits per heavy atom. The first-order valence-electron chi connectivity index (χ1n) is 9.72. The number of benzene rings is 2. The lowest BCUT2D eigenvalue weighted by Crippen LogP contribution is -2.11. The van der Waals surface area contributed by atoms with Gasteiger partial charge in [-0.05, 0) is 54.8 Å². The molecule has 7 heteroatoms. The first kappa shape index (κ1) is 19.3. The van der Waals surface area contributed by atoms with Crippen molar-refractivity contribution in [2.75, 3.05) is 5.32 Å². The van der Waals surface area contributed by atoms with E-state index in [1.807, 2.05) is 24.3 Å². The summed E-state index contributed by atoms with van der Waals surface area (Å²) in [7, 11) is 0. The van der Waals surface area contributed by atoms with Gasteiger partial charge in [0.25, 0.3) is 0 Å². The number of nitrogens with zero attached hydrogens (tertiary/aromatic N) is 4. The maximum Gasteiger partial charge on any atom is 0.238 e. The Morgan fingerprint density at radius 2 is 1.77 bits per heavy atom. The van der Waals surface area contributed by atoms with Gasteiger partial charge in [0.2, 0.25) is 11.8 Å². The van der Waals surface area contributed by atoms with Crippen molar-refractivity contribution >= 4 is 11.6 Å². The van der Waals surface area contributed by atoms with Crippen molar-refractivity contribution in [1.82, 2.24) is 20.0 Å². The molecule has 2 heterocycles. The van der Waals surface area contributed by atoms with Crippen molar-refractivity contribution in [3.63, 3.8) is 0 Å². The molecule has 0 unspecified atom stereocenters. The number of nitrogens with one attached hydrogen (secondary N) is 1. The van der Waals surface area contributed by atoms with Gasteiger partial charge in [-0.15, -0.1) is 10.2 Å². The lowest BCUT2D eigenvalue weighted by molar-refractivity contribution is -0.116. The normalized spacial score (nSPS) is 10.5. The number of carbonyl (C=O) groups excluding carboxylic acids is 1. The molecular formula is C23H21N5O2. The summed E-state index contributed by atoms with van der Waals surface area (Å²) in [4.78, 5) is 12.1. The van der Waals surface area contributed by atoms with E-state index in [9.17, 15) is 4.79 Å². The van der Waals surface area contributed by atoms with Gasteiger partial charge >= 0.3 is 0 Å². The average molecular weight is 399 g/mol. The Kier molecular flexibility index (Phi) is 6.10. The molecule has 4 rings (SSSR count). The molecule has 0 radical (unpaired) electrons. The van der Waals surface area contributed by atoms with Gasteiger partial charge in [-0.3, -0.25) is 4.79 Å². The van der Waals surface area contributed by atoms with E-state index in [0.29, 0.717) is 23.9 Å². The molecular weight excluding hydrogens is 378 g/mol. The number of aryl methyl sites for hydroxylation is 1. The minimum Gasteiger partial charge on any atom is -0.438 e. The molecule has 30 heavy (non-hydrogen) atoms. The van der Waals surface area contributed by atoms with E-state index < -0.39 is 0 Å². The van der Waals surface area contributed by atoms with Gasteiger partial charge in [0.15, 0.2) is 5.82 Å². The molecule has 7 nitrogen and oxygen atoms in total. The standard InChI is InChI=1S/C23H21N5O2/c29-22(9-4-8-18-6-2-1-3-7-18)25-19-10-12-20(13-11-19)30-23-15-14-21(26-27-23)28-17-5-16-24-28/h1-3,5-7,10-17H,4,8-9H2,(H,25,29). The van der Waals surface area contributed by atoms with E-state index in [0.717, 1.165) is 18.5 Å². The van der Waals surface area contributed by atoms with Gasteiger partial charge in [0.05, 0.1) is 0 Å². The molecule has 4 aromatic rings. The summed E-state index contributed by atoms with van der Waals surface area (Å²) in [6, 6.07) is 22.7. The van der Waals surface area contributed by atoms with E-state index in [1.165, 1.54) is 5.56 Å². The third-order valence-corrected chi connectivity index (χ3v) is 4.44. The smallest absolute Gasteiger partial charge is 0.238 e. The third-order valence-electron chi connectivity index (χ3n) is 4.44. The lowest BCUT2D eigenvalue weighted by atomic mass is 10.1. The second-order valence-corrected chi connectivity index (χ2v) is 6.69. The molecule has 150 valence electrons. The molecule has 1 amide bonds. The molecule has 0 saturated heterocycles. The fraction of sp³-hybridized carbons (Fsp3) is 0.130. The number of hydrogen-bond donors (Lipinski definition) is 1. The van der Waals surface area contributed by atoms with E-state index >= 15 is 0 Å². The summed E-state index contributed by atoms with van der Waals surface area (Å²) >= 11 is 0. The van der Waals surface area contributed by atoms with Crippen LogP contribution in [0.1, 0.15) is 18.4 Å². The number of hydrogen-bond acceptors (Lipinski definition) is 5. The van der Waals surface area contributed by atoms with Crippen LogP contribution in [0.5, 0.6) is 11.6 Å². The van der Waals surface area contributed by atoms with Crippen LogP contribution < -0.4 is 10.1 Å². The lowest BCUT2D eigenvalue weighted by Gasteiger charge is -2.08. The van der Waals surface area contributed by atoms with Crippen molar-refractivity contribution in [3.8, 4) is 17.4 Å². The summed E-state index contributed by atoms with van der Waals surface area (Å²) in [5, 5.41) is 15.2. The van der Waals surface area contributed by atoms with E-state index in [4.69, 9.17) is 4.74 Å². The fourth-order valence-electron chi connectivity index (χ4n) is 2.94. The zero-order chi connectivity index (χ0) is 20.6. The van der Waals surface area contributed by atoms with Gasteiger partial charge in [0.1, 0.15) is 5.75 Å². The van der Waals surface area contributed by atoms with Gasteiger partial charge in [-0.1, -0.05) is 30.3 Å².